The zero-order valence-electron chi connectivity index (χ0n) is 12.5. The van der Waals surface area contributed by atoms with Gasteiger partial charge in [0.05, 0.1) is 11.1 Å². The predicted octanol–water partition coefficient (Wildman–Crippen LogP) is 4.28. The van der Waals surface area contributed by atoms with E-state index < -0.39 is 17.5 Å². The van der Waals surface area contributed by atoms with E-state index in [2.05, 4.69) is 18.3 Å². The molecule has 3 rings (SSSR count). The van der Waals surface area contributed by atoms with Crippen LogP contribution in [-0.2, 0) is 12.8 Å². The van der Waals surface area contributed by atoms with Gasteiger partial charge in [0.25, 0.3) is 5.91 Å². The van der Waals surface area contributed by atoms with Crippen molar-refractivity contribution in [2.75, 3.05) is 5.32 Å². The second kappa shape index (κ2) is 6.09. The van der Waals surface area contributed by atoms with Crippen LogP contribution in [0, 0.1) is 28.9 Å². The van der Waals surface area contributed by atoms with Crippen LogP contribution in [-0.4, -0.2) is 5.91 Å². The highest BCUT2D eigenvalue weighted by atomic mass is 32.1. The molecule has 6 heteroatoms. The van der Waals surface area contributed by atoms with Gasteiger partial charge >= 0.3 is 0 Å². The number of hydrogen-bond acceptors (Lipinski definition) is 3. The molecule has 0 bridgehead atoms. The summed E-state index contributed by atoms with van der Waals surface area (Å²) >= 11 is 1.35. The third kappa shape index (κ3) is 2.84. The fourth-order valence-corrected chi connectivity index (χ4v) is 4.16. The molecule has 3 nitrogen and oxygen atoms in total. The fourth-order valence-electron chi connectivity index (χ4n) is 2.81. The number of nitriles is 1. The van der Waals surface area contributed by atoms with Gasteiger partial charge in [-0.2, -0.15) is 5.26 Å². The Morgan fingerprint density at radius 3 is 2.96 bits per heavy atom. The molecule has 2 aromatic rings. The number of hydrogen-bond donors (Lipinski definition) is 1. The average Bonchev–Trinajstić information content (AvgIpc) is 2.85. The number of carbonyl (C=O) groups is 1. The molecule has 1 N–H and O–H groups in total. The van der Waals surface area contributed by atoms with E-state index in [9.17, 15) is 18.8 Å². The van der Waals surface area contributed by atoms with Crippen molar-refractivity contribution in [3.8, 4) is 6.07 Å². The molecule has 23 heavy (non-hydrogen) atoms. The molecule has 0 saturated heterocycles. The predicted molar refractivity (Wildman–Crippen MR) is 84.5 cm³/mol. The van der Waals surface area contributed by atoms with E-state index in [1.165, 1.54) is 23.5 Å². The number of nitrogens with one attached hydrogen (secondary N) is 1. The van der Waals surface area contributed by atoms with Crippen LogP contribution in [0.1, 0.15) is 39.7 Å². The number of amides is 1. The molecular formula is C17H14F2N2OS. The van der Waals surface area contributed by atoms with E-state index in [0.29, 0.717) is 16.5 Å². The van der Waals surface area contributed by atoms with Crippen LogP contribution < -0.4 is 5.32 Å². The lowest BCUT2D eigenvalue weighted by Gasteiger charge is -2.17. The van der Waals surface area contributed by atoms with Crippen molar-refractivity contribution in [1.29, 1.82) is 5.26 Å². The minimum Gasteiger partial charge on any atom is -0.312 e. The number of carbonyl (C=O) groups excluding carboxylic acids is 1. The molecule has 0 spiro atoms. The summed E-state index contributed by atoms with van der Waals surface area (Å²) in [6.45, 7) is 2.15. The first kappa shape index (κ1) is 15.6. The molecule has 0 saturated carbocycles. The Kier molecular flexibility index (Phi) is 4.14. The van der Waals surface area contributed by atoms with Crippen molar-refractivity contribution in [3.63, 3.8) is 0 Å². The van der Waals surface area contributed by atoms with Gasteiger partial charge in [-0.05, 0) is 42.9 Å². The lowest BCUT2D eigenvalue weighted by Crippen LogP contribution is -2.14. The van der Waals surface area contributed by atoms with Crippen LogP contribution in [0.4, 0.5) is 13.8 Å². The highest BCUT2D eigenvalue weighted by Crippen LogP contribution is 2.39. The maximum absolute atomic E-state index is 13.7. The van der Waals surface area contributed by atoms with Gasteiger partial charge in [-0.15, -0.1) is 11.3 Å². The maximum atomic E-state index is 13.7. The SMILES string of the molecule is C[C@H]1CCc2c(sc(NC(=O)c3cccc(F)c3F)c2C#N)C1. The Balaban J connectivity index is 1.93. The van der Waals surface area contributed by atoms with Crippen LogP contribution in [0.25, 0.3) is 0 Å². The molecular weight excluding hydrogens is 318 g/mol. The number of thiophene rings is 1. The van der Waals surface area contributed by atoms with Crippen LogP contribution in [0.2, 0.25) is 0 Å². The number of nitrogens with zero attached hydrogens (tertiary/aromatic N) is 1. The molecule has 1 atom stereocenters. The van der Waals surface area contributed by atoms with Gasteiger partial charge in [-0.3, -0.25) is 4.79 Å². The molecule has 1 aromatic carbocycles. The average molecular weight is 332 g/mol. The number of anilines is 1. The molecule has 118 valence electrons. The van der Waals surface area contributed by atoms with E-state index >= 15 is 0 Å². The van der Waals surface area contributed by atoms with Crippen LogP contribution in [0.3, 0.4) is 0 Å². The van der Waals surface area contributed by atoms with E-state index in [-0.39, 0.29) is 5.56 Å². The summed E-state index contributed by atoms with van der Waals surface area (Å²) in [5.74, 6) is -2.46. The highest BCUT2D eigenvalue weighted by Gasteiger charge is 2.25. The number of benzene rings is 1. The van der Waals surface area contributed by atoms with Crippen molar-refractivity contribution >= 4 is 22.2 Å². The monoisotopic (exact) mass is 332 g/mol. The van der Waals surface area contributed by atoms with Gasteiger partial charge in [-0.25, -0.2) is 8.78 Å². The van der Waals surface area contributed by atoms with Crippen molar-refractivity contribution in [1.82, 2.24) is 0 Å². The van der Waals surface area contributed by atoms with E-state index in [0.717, 1.165) is 35.8 Å². The number of rotatable bonds is 2. The lowest BCUT2D eigenvalue weighted by atomic mass is 9.88. The third-order valence-electron chi connectivity index (χ3n) is 4.05. The summed E-state index contributed by atoms with van der Waals surface area (Å²) in [4.78, 5) is 13.3. The molecule has 0 unspecified atom stereocenters. The second-order valence-electron chi connectivity index (χ2n) is 5.72. The zero-order chi connectivity index (χ0) is 16.6. The van der Waals surface area contributed by atoms with Crippen LogP contribution in [0.15, 0.2) is 18.2 Å². The number of fused-ring (bicyclic) bond motifs is 1. The van der Waals surface area contributed by atoms with Gasteiger partial charge in [-0.1, -0.05) is 13.0 Å². The first-order chi connectivity index (χ1) is 11.0. The molecule has 1 aliphatic carbocycles. The molecule has 1 aliphatic rings. The fraction of sp³-hybridized carbons (Fsp3) is 0.294. The van der Waals surface area contributed by atoms with Crippen molar-refractivity contribution < 1.29 is 13.6 Å². The van der Waals surface area contributed by atoms with Crippen molar-refractivity contribution in [2.45, 2.75) is 26.2 Å². The number of halogens is 2. The smallest absolute Gasteiger partial charge is 0.259 e. The quantitative estimate of drug-likeness (QED) is 0.892. The Morgan fingerprint density at radius 1 is 1.43 bits per heavy atom. The van der Waals surface area contributed by atoms with Gasteiger partial charge < -0.3 is 5.32 Å². The van der Waals surface area contributed by atoms with E-state index in [1.54, 1.807) is 0 Å². The summed E-state index contributed by atoms with van der Waals surface area (Å²) in [6, 6.07) is 5.58. The van der Waals surface area contributed by atoms with E-state index in [4.69, 9.17) is 0 Å². The maximum Gasteiger partial charge on any atom is 0.259 e. The molecule has 1 heterocycles. The molecule has 0 aliphatic heterocycles. The Hall–Kier alpha value is -2.26. The topological polar surface area (TPSA) is 52.9 Å². The normalized spacial score (nSPS) is 16.5. The molecule has 0 fully saturated rings. The highest BCUT2D eigenvalue weighted by molar-refractivity contribution is 7.16. The Morgan fingerprint density at radius 2 is 2.22 bits per heavy atom. The summed E-state index contributed by atoms with van der Waals surface area (Å²) in [7, 11) is 0. The summed E-state index contributed by atoms with van der Waals surface area (Å²) < 4.78 is 27.0. The Bertz CT molecular complexity index is 823. The largest absolute Gasteiger partial charge is 0.312 e. The lowest BCUT2D eigenvalue weighted by molar-refractivity contribution is 0.102. The van der Waals surface area contributed by atoms with Gasteiger partial charge in [0.1, 0.15) is 11.1 Å². The van der Waals surface area contributed by atoms with Crippen molar-refractivity contribution in [3.05, 3.63) is 51.4 Å². The molecule has 1 amide bonds. The summed E-state index contributed by atoms with van der Waals surface area (Å²) in [5, 5.41) is 12.4. The second-order valence-corrected chi connectivity index (χ2v) is 6.83. The van der Waals surface area contributed by atoms with E-state index in [1.807, 2.05) is 0 Å². The standard InChI is InChI=1S/C17H14F2N2OS/c1-9-5-6-10-12(8-20)17(23-14(10)7-9)21-16(22)11-3-2-4-13(18)15(11)19/h2-4,9H,5-7H2,1H3,(H,21,22)/t9-/m0/s1. The van der Waals surface area contributed by atoms with Crippen LogP contribution in [0.5, 0.6) is 0 Å². The van der Waals surface area contributed by atoms with Gasteiger partial charge in [0.15, 0.2) is 11.6 Å². The minimum absolute atomic E-state index is 0.367. The van der Waals surface area contributed by atoms with Crippen molar-refractivity contribution in [2.24, 2.45) is 5.92 Å². The Labute approximate surface area is 136 Å². The third-order valence-corrected chi connectivity index (χ3v) is 5.22. The molecule has 1 aromatic heterocycles. The summed E-state index contributed by atoms with van der Waals surface area (Å²) in [6.07, 6.45) is 2.68. The summed E-state index contributed by atoms with van der Waals surface area (Å²) in [5.41, 5.74) is 1.06. The first-order valence-corrected chi connectivity index (χ1v) is 8.13. The van der Waals surface area contributed by atoms with Gasteiger partial charge in [0, 0.05) is 4.88 Å². The minimum atomic E-state index is -1.18. The molecule has 0 radical (unpaired) electrons. The zero-order valence-corrected chi connectivity index (χ0v) is 13.3. The van der Waals surface area contributed by atoms with Crippen LogP contribution >= 0.6 is 11.3 Å². The first-order valence-electron chi connectivity index (χ1n) is 7.31. The van der Waals surface area contributed by atoms with Gasteiger partial charge in [0.2, 0.25) is 0 Å².